The van der Waals surface area contributed by atoms with Crippen molar-refractivity contribution >= 4 is 43.2 Å². The summed E-state index contributed by atoms with van der Waals surface area (Å²) in [6, 6.07) is 0. The molecule has 0 spiro atoms. The predicted octanol–water partition coefficient (Wildman–Crippen LogP) is 0.365. The molecule has 0 amide bonds. The molecule has 1 saturated heterocycles. The van der Waals surface area contributed by atoms with Gasteiger partial charge in [-0.15, -0.1) is 11.6 Å². The van der Waals surface area contributed by atoms with Gasteiger partial charge in [0.1, 0.15) is 5.37 Å². The van der Waals surface area contributed by atoms with Crippen molar-refractivity contribution in [2.75, 3.05) is 35.4 Å². The summed E-state index contributed by atoms with van der Waals surface area (Å²) in [4.78, 5) is 0. The summed E-state index contributed by atoms with van der Waals surface area (Å²) in [7, 11) is -6.96. The highest BCUT2D eigenvalue weighted by atomic mass is 35.5. The Morgan fingerprint density at radius 2 is 2.00 bits per heavy atom. The third-order valence-corrected chi connectivity index (χ3v) is 8.25. The molecule has 0 aromatic carbocycles. The molecule has 0 N–H and O–H groups in total. The Morgan fingerprint density at radius 3 is 2.53 bits per heavy atom. The van der Waals surface area contributed by atoms with Crippen LogP contribution in [-0.2, 0) is 19.9 Å². The second kappa shape index (κ2) is 6.10. The second-order valence-electron chi connectivity index (χ2n) is 3.60. The lowest BCUT2D eigenvalue weighted by atomic mass is 10.6. The molecule has 1 fully saturated rings. The number of sulfonamides is 1. The summed E-state index contributed by atoms with van der Waals surface area (Å²) >= 11 is 6.91. The Morgan fingerprint density at radius 1 is 1.35 bits per heavy atom. The summed E-state index contributed by atoms with van der Waals surface area (Å²) in [5.74, 6) is 0.639. The van der Waals surface area contributed by atoms with Crippen LogP contribution >= 0.6 is 23.4 Å². The van der Waals surface area contributed by atoms with E-state index in [9.17, 15) is 16.8 Å². The number of halogens is 1. The highest BCUT2D eigenvalue weighted by Crippen LogP contribution is 2.24. The molecule has 1 aliphatic heterocycles. The SMILES string of the molecule is CCS(=O)(=O)C1CSCCN1S(=O)(=O)CCCl. The summed E-state index contributed by atoms with van der Waals surface area (Å²) < 4.78 is 48.7. The van der Waals surface area contributed by atoms with E-state index in [-0.39, 0.29) is 23.9 Å². The Labute approximate surface area is 112 Å². The van der Waals surface area contributed by atoms with E-state index in [0.717, 1.165) is 4.31 Å². The molecule has 5 nitrogen and oxygen atoms in total. The van der Waals surface area contributed by atoms with Crippen molar-refractivity contribution in [3.8, 4) is 0 Å². The number of hydrogen-bond acceptors (Lipinski definition) is 5. The minimum Gasteiger partial charge on any atom is -0.227 e. The van der Waals surface area contributed by atoms with Gasteiger partial charge >= 0.3 is 0 Å². The van der Waals surface area contributed by atoms with E-state index < -0.39 is 25.2 Å². The first-order valence-corrected chi connectivity index (χ1v) is 10.2. The molecular weight excluding hydrogens is 306 g/mol. The molecule has 1 rings (SSSR count). The Balaban J connectivity index is 3.03. The van der Waals surface area contributed by atoms with Crippen LogP contribution in [0.1, 0.15) is 6.92 Å². The third-order valence-electron chi connectivity index (χ3n) is 2.55. The van der Waals surface area contributed by atoms with E-state index in [0.29, 0.717) is 11.5 Å². The Kier molecular flexibility index (Phi) is 5.58. The molecule has 9 heteroatoms. The van der Waals surface area contributed by atoms with Gasteiger partial charge in [0, 0.05) is 29.7 Å². The zero-order valence-corrected chi connectivity index (χ0v) is 12.7. The lowest BCUT2D eigenvalue weighted by Crippen LogP contribution is -2.51. The van der Waals surface area contributed by atoms with Crippen molar-refractivity contribution in [1.29, 1.82) is 0 Å². The van der Waals surface area contributed by atoms with Crippen molar-refractivity contribution in [2.24, 2.45) is 0 Å². The number of sulfone groups is 1. The third kappa shape index (κ3) is 3.73. The first-order valence-electron chi connectivity index (χ1n) is 5.20. The van der Waals surface area contributed by atoms with Gasteiger partial charge in [0.05, 0.1) is 5.75 Å². The molecule has 1 atom stereocenters. The molecule has 0 aromatic rings. The Hall–Kier alpha value is 0.500. The van der Waals surface area contributed by atoms with Gasteiger partial charge in [0.15, 0.2) is 9.84 Å². The minimum atomic E-state index is -3.57. The largest absolute Gasteiger partial charge is 0.227 e. The standard InChI is InChI=1S/C8H16ClNO4S3/c1-2-16(11,12)8-7-15-5-4-10(8)17(13,14)6-3-9/h8H,2-7H2,1H3. The van der Waals surface area contributed by atoms with E-state index in [1.54, 1.807) is 0 Å². The van der Waals surface area contributed by atoms with Crippen molar-refractivity contribution in [3.63, 3.8) is 0 Å². The first-order chi connectivity index (χ1) is 7.85. The van der Waals surface area contributed by atoms with E-state index in [4.69, 9.17) is 11.6 Å². The summed E-state index contributed by atoms with van der Waals surface area (Å²) in [6.45, 7) is 1.77. The van der Waals surface area contributed by atoms with Crippen molar-refractivity contribution in [2.45, 2.75) is 12.3 Å². The highest BCUT2D eigenvalue weighted by molar-refractivity contribution is 8.01. The molecular formula is C8H16ClNO4S3. The predicted molar refractivity (Wildman–Crippen MR) is 71.8 cm³/mol. The normalized spacial score (nSPS) is 23.8. The maximum Gasteiger partial charge on any atom is 0.216 e. The van der Waals surface area contributed by atoms with E-state index >= 15 is 0 Å². The smallest absolute Gasteiger partial charge is 0.216 e. The van der Waals surface area contributed by atoms with Crippen LogP contribution in [0.15, 0.2) is 0 Å². The number of nitrogens with zero attached hydrogens (tertiary/aromatic N) is 1. The lowest BCUT2D eigenvalue weighted by Gasteiger charge is -2.33. The van der Waals surface area contributed by atoms with Gasteiger partial charge in [-0.25, -0.2) is 16.8 Å². The van der Waals surface area contributed by atoms with Crippen LogP contribution in [0.25, 0.3) is 0 Å². The number of alkyl halides is 1. The van der Waals surface area contributed by atoms with Crippen LogP contribution in [0.3, 0.4) is 0 Å². The highest BCUT2D eigenvalue weighted by Gasteiger charge is 2.39. The summed E-state index contributed by atoms with van der Waals surface area (Å²) in [5, 5.41) is -0.931. The molecule has 1 aliphatic rings. The van der Waals surface area contributed by atoms with Gasteiger partial charge in [0.2, 0.25) is 10.0 Å². The van der Waals surface area contributed by atoms with Crippen LogP contribution in [0, 0.1) is 0 Å². The van der Waals surface area contributed by atoms with E-state index in [1.807, 2.05) is 0 Å². The quantitative estimate of drug-likeness (QED) is 0.684. The van der Waals surface area contributed by atoms with Gasteiger partial charge in [-0.1, -0.05) is 6.92 Å². The fourth-order valence-electron chi connectivity index (χ4n) is 1.57. The molecule has 1 unspecified atom stereocenters. The average Bonchev–Trinajstić information content (AvgIpc) is 2.29. The van der Waals surface area contributed by atoms with E-state index in [2.05, 4.69) is 0 Å². The number of thioether (sulfide) groups is 1. The van der Waals surface area contributed by atoms with Crippen molar-refractivity contribution < 1.29 is 16.8 Å². The fourth-order valence-corrected chi connectivity index (χ4v) is 7.23. The topological polar surface area (TPSA) is 71.5 Å². The van der Waals surface area contributed by atoms with Crippen molar-refractivity contribution in [3.05, 3.63) is 0 Å². The maximum atomic E-state index is 11.9. The first kappa shape index (κ1) is 15.6. The van der Waals surface area contributed by atoms with Gasteiger partial charge in [-0.05, 0) is 0 Å². The lowest BCUT2D eigenvalue weighted by molar-refractivity contribution is 0.405. The van der Waals surface area contributed by atoms with Gasteiger partial charge in [-0.3, -0.25) is 0 Å². The number of rotatable bonds is 5. The van der Waals surface area contributed by atoms with Crippen LogP contribution in [-0.4, -0.2) is 62.0 Å². The Bertz CT molecular complexity index is 447. The van der Waals surface area contributed by atoms with E-state index in [1.165, 1.54) is 18.7 Å². The maximum absolute atomic E-state index is 11.9. The molecule has 102 valence electrons. The molecule has 17 heavy (non-hydrogen) atoms. The van der Waals surface area contributed by atoms with Crippen LogP contribution in [0.4, 0.5) is 0 Å². The summed E-state index contributed by atoms with van der Waals surface area (Å²) in [5.41, 5.74) is 0. The van der Waals surface area contributed by atoms with Crippen LogP contribution in [0.5, 0.6) is 0 Å². The minimum absolute atomic E-state index is 0.0229. The van der Waals surface area contributed by atoms with Gasteiger partial charge < -0.3 is 0 Å². The molecule has 1 heterocycles. The number of hydrogen-bond donors (Lipinski definition) is 0. The van der Waals surface area contributed by atoms with Gasteiger partial charge in [0.25, 0.3) is 0 Å². The average molecular weight is 322 g/mol. The van der Waals surface area contributed by atoms with Gasteiger partial charge in [-0.2, -0.15) is 16.1 Å². The molecule has 0 radical (unpaired) electrons. The zero-order valence-electron chi connectivity index (χ0n) is 9.50. The van der Waals surface area contributed by atoms with Crippen molar-refractivity contribution in [1.82, 2.24) is 4.31 Å². The summed E-state index contributed by atoms with van der Waals surface area (Å²) in [6.07, 6.45) is 0. The molecule has 0 bridgehead atoms. The molecule has 0 saturated carbocycles. The second-order valence-corrected chi connectivity index (χ2v) is 9.61. The van der Waals surface area contributed by atoms with Crippen LogP contribution < -0.4 is 0 Å². The van der Waals surface area contributed by atoms with Crippen LogP contribution in [0.2, 0.25) is 0 Å². The molecule has 0 aliphatic carbocycles. The molecule has 0 aromatic heterocycles. The monoisotopic (exact) mass is 321 g/mol. The fraction of sp³-hybridized carbons (Fsp3) is 1.00. The zero-order chi connectivity index (χ0) is 13.1.